The van der Waals surface area contributed by atoms with E-state index < -0.39 is 0 Å². The molecule has 0 saturated carbocycles. The summed E-state index contributed by atoms with van der Waals surface area (Å²) in [6.07, 6.45) is 7.37. The fourth-order valence-electron chi connectivity index (χ4n) is 2.25. The molecule has 4 heteroatoms. The van der Waals surface area contributed by atoms with E-state index in [2.05, 4.69) is 21.8 Å². The Morgan fingerprint density at radius 1 is 1.12 bits per heavy atom. The Morgan fingerprint density at radius 3 is 2.41 bits per heavy atom. The van der Waals surface area contributed by atoms with Crippen LogP contribution in [0.25, 0.3) is 0 Å². The van der Waals surface area contributed by atoms with Crippen molar-refractivity contribution in [1.82, 2.24) is 9.97 Å². The van der Waals surface area contributed by atoms with Gasteiger partial charge in [0, 0.05) is 25.6 Å². The molecule has 0 atom stereocenters. The van der Waals surface area contributed by atoms with Crippen LogP contribution in [0.4, 0.5) is 5.82 Å². The molecule has 0 bridgehead atoms. The first-order chi connectivity index (χ1) is 8.29. The molecule has 94 valence electrons. The molecular formula is C13H20ClN3. The zero-order chi connectivity index (χ0) is 12.1. The summed E-state index contributed by atoms with van der Waals surface area (Å²) in [5.41, 5.74) is 0. The van der Waals surface area contributed by atoms with Gasteiger partial charge in [-0.2, -0.15) is 0 Å². The quantitative estimate of drug-likeness (QED) is 0.756. The minimum Gasteiger partial charge on any atom is -0.356 e. The van der Waals surface area contributed by atoms with Gasteiger partial charge < -0.3 is 4.90 Å². The molecule has 0 aliphatic carbocycles. The third-order valence-electron chi connectivity index (χ3n) is 3.22. The summed E-state index contributed by atoms with van der Waals surface area (Å²) in [6.45, 7) is 4.25. The highest BCUT2D eigenvalue weighted by Gasteiger charge is 2.12. The highest BCUT2D eigenvalue weighted by atomic mass is 35.5. The van der Waals surface area contributed by atoms with Gasteiger partial charge in [0.15, 0.2) is 0 Å². The maximum absolute atomic E-state index is 6.04. The van der Waals surface area contributed by atoms with Crippen LogP contribution in [0.15, 0.2) is 6.07 Å². The van der Waals surface area contributed by atoms with E-state index in [0.717, 1.165) is 31.2 Å². The molecule has 1 saturated heterocycles. The van der Waals surface area contributed by atoms with E-state index >= 15 is 0 Å². The lowest BCUT2D eigenvalue weighted by Crippen LogP contribution is -2.28. The summed E-state index contributed by atoms with van der Waals surface area (Å²) in [5, 5.41) is 0.564. The van der Waals surface area contributed by atoms with Gasteiger partial charge in [-0.3, -0.25) is 0 Å². The molecule has 1 aliphatic rings. The fourth-order valence-corrected chi connectivity index (χ4v) is 2.44. The van der Waals surface area contributed by atoms with E-state index in [4.69, 9.17) is 11.6 Å². The van der Waals surface area contributed by atoms with E-state index in [1.54, 1.807) is 0 Å². The van der Waals surface area contributed by atoms with E-state index in [1.165, 1.54) is 32.1 Å². The van der Waals surface area contributed by atoms with Crippen LogP contribution < -0.4 is 4.90 Å². The summed E-state index contributed by atoms with van der Waals surface area (Å²) in [4.78, 5) is 11.1. The van der Waals surface area contributed by atoms with Crippen molar-refractivity contribution in [1.29, 1.82) is 0 Å². The van der Waals surface area contributed by atoms with Gasteiger partial charge in [-0.15, -0.1) is 0 Å². The average molecular weight is 254 g/mol. The topological polar surface area (TPSA) is 29.0 Å². The molecule has 0 radical (unpaired) electrons. The van der Waals surface area contributed by atoms with Gasteiger partial charge in [-0.05, 0) is 12.8 Å². The van der Waals surface area contributed by atoms with Crippen LogP contribution in [0.3, 0.4) is 0 Å². The number of hydrogen-bond acceptors (Lipinski definition) is 3. The average Bonchev–Trinajstić information content (AvgIpc) is 2.27. The summed E-state index contributed by atoms with van der Waals surface area (Å²) in [6, 6.07) is 1.89. The normalized spacial score (nSPS) is 17.6. The standard InChI is InChI=1S/C13H20ClN3/c1-2-12-15-11(14)10-13(16-12)17-8-6-4-3-5-7-9-17/h10H,2-9H2,1H3. The third kappa shape index (κ3) is 3.56. The van der Waals surface area contributed by atoms with Gasteiger partial charge in [-0.1, -0.05) is 37.8 Å². The lowest BCUT2D eigenvalue weighted by molar-refractivity contribution is 0.553. The first-order valence-electron chi connectivity index (χ1n) is 6.58. The molecule has 0 unspecified atom stereocenters. The third-order valence-corrected chi connectivity index (χ3v) is 3.42. The maximum atomic E-state index is 6.04. The SMILES string of the molecule is CCc1nc(Cl)cc(N2CCCCCCC2)n1. The molecule has 0 aromatic carbocycles. The minimum absolute atomic E-state index is 0.564. The molecule has 1 fully saturated rings. The number of aromatic nitrogens is 2. The molecule has 17 heavy (non-hydrogen) atoms. The van der Waals surface area contributed by atoms with Gasteiger partial charge in [0.1, 0.15) is 16.8 Å². The van der Waals surface area contributed by atoms with Crippen molar-refractivity contribution in [3.63, 3.8) is 0 Å². The fraction of sp³-hybridized carbons (Fsp3) is 0.692. The van der Waals surface area contributed by atoms with Gasteiger partial charge in [-0.25, -0.2) is 9.97 Å². The lowest BCUT2D eigenvalue weighted by atomic mass is 10.1. The Kier molecular flexibility index (Phi) is 4.60. The first-order valence-corrected chi connectivity index (χ1v) is 6.96. The molecule has 2 rings (SSSR count). The molecule has 3 nitrogen and oxygen atoms in total. The highest BCUT2D eigenvalue weighted by Crippen LogP contribution is 2.20. The number of anilines is 1. The lowest BCUT2D eigenvalue weighted by Gasteiger charge is -2.26. The minimum atomic E-state index is 0.564. The summed E-state index contributed by atoms with van der Waals surface area (Å²) in [7, 11) is 0. The number of hydrogen-bond donors (Lipinski definition) is 0. The Balaban J connectivity index is 2.15. The van der Waals surface area contributed by atoms with Gasteiger partial charge >= 0.3 is 0 Å². The molecule has 0 N–H and O–H groups in total. The monoisotopic (exact) mass is 253 g/mol. The van der Waals surface area contributed by atoms with Crippen LogP contribution in [-0.4, -0.2) is 23.1 Å². The highest BCUT2D eigenvalue weighted by molar-refractivity contribution is 6.29. The predicted octanol–water partition coefficient (Wildman–Crippen LogP) is 3.46. The smallest absolute Gasteiger partial charge is 0.134 e. The number of halogens is 1. The van der Waals surface area contributed by atoms with Gasteiger partial charge in [0.25, 0.3) is 0 Å². The van der Waals surface area contributed by atoms with Crippen molar-refractivity contribution in [3.8, 4) is 0 Å². The van der Waals surface area contributed by atoms with Crippen molar-refractivity contribution < 1.29 is 0 Å². The van der Waals surface area contributed by atoms with Gasteiger partial charge in [0.05, 0.1) is 0 Å². The zero-order valence-electron chi connectivity index (χ0n) is 10.5. The number of aryl methyl sites for hydroxylation is 1. The molecule has 2 heterocycles. The van der Waals surface area contributed by atoms with Crippen LogP contribution in [0, 0.1) is 0 Å². The Hall–Kier alpha value is -0.830. The zero-order valence-corrected chi connectivity index (χ0v) is 11.2. The van der Waals surface area contributed by atoms with Crippen LogP contribution in [0.2, 0.25) is 5.15 Å². The second kappa shape index (κ2) is 6.20. The summed E-state index contributed by atoms with van der Waals surface area (Å²) in [5.74, 6) is 1.85. The van der Waals surface area contributed by atoms with Crippen LogP contribution in [-0.2, 0) is 6.42 Å². The Bertz CT molecular complexity index is 360. The first kappa shape index (κ1) is 12.6. The molecule has 0 amide bonds. The summed E-state index contributed by atoms with van der Waals surface area (Å²) >= 11 is 6.04. The molecular weight excluding hydrogens is 234 g/mol. The van der Waals surface area contributed by atoms with E-state index in [-0.39, 0.29) is 0 Å². The van der Waals surface area contributed by atoms with Gasteiger partial charge in [0.2, 0.25) is 0 Å². The van der Waals surface area contributed by atoms with E-state index in [0.29, 0.717) is 5.15 Å². The Morgan fingerprint density at radius 2 is 1.76 bits per heavy atom. The van der Waals surface area contributed by atoms with Crippen molar-refractivity contribution in [2.75, 3.05) is 18.0 Å². The molecule has 0 spiro atoms. The van der Waals surface area contributed by atoms with Crippen LogP contribution in [0.1, 0.15) is 44.9 Å². The van der Waals surface area contributed by atoms with E-state index in [1.807, 2.05) is 6.07 Å². The molecule has 1 aromatic heterocycles. The van der Waals surface area contributed by atoms with Crippen molar-refractivity contribution >= 4 is 17.4 Å². The molecule has 1 aliphatic heterocycles. The van der Waals surface area contributed by atoms with E-state index in [9.17, 15) is 0 Å². The molecule has 1 aromatic rings. The largest absolute Gasteiger partial charge is 0.356 e. The predicted molar refractivity (Wildman–Crippen MR) is 71.7 cm³/mol. The van der Waals surface area contributed by atoms with Crippen molar-refractivity contribution in [3.05, 3.63) is 17.0 Å². The number of nitrogens with zero attached hydrogens (tertiary/aromatic N) is 3. The Labute approximate surface area is 108 Å². The maximum Gasteiger partial charge on any atom is 0.134 e. The number of rotatable bonds is 2. The van der Waals surface area contributed by atoms with Crippen LogP contribution in [0.5, 0.6) is 0 Å². The van der Waals surface area contributed by atoms with Crippen LogP contribution >= 0.6 is 11.6 Å². The van der Waals surface area contributed by atoms with Crippen molar-refractivity contribution in [2.24, 2.45) is 0 Å². The second-order valence-corrected chi connectivity index (χ2v) is 4.96. The summed E-state index contributed by atoms with van der Waals surface area (Å²) < 4.78 is 0. The second-order valence-electron chi connectivity index (χ2n) is 4.57. The van der Waals surface area contributed by atoms with Crippen molar-refractivity contribution in [2.45, 2.75) is 45.4 Å².